The number of hydrogen-bond donors (Lipinski definition) is 0. The molecular weight excluding hydrogens is 246 g/mol. The monoisotopic (exact) mass is 259 g/mol. The normalized spacial score (nSPS) is 27.1. The van der Waals surface area contributed by atoms with Gasteiger partial charge in [0.2, 0.25) is 0 Å². The van der Waals surface area contributed by atoms with E-state index in [-0.39, 0.29) is 0 Å². The van der Waals surface area contributed by atoms with Crippen molar-refractivity contribution in [3.05, 3.63) is 11.6 Å². The van der Waals surface area contributed by atoms with Crippen molar-refractivity contribution in [2.75, 3.05) is 6.61 Å². The number of aromatic nitrogens is 3. The third-order valence-electron chi connectivity index (χ3n) is 2.68. The van der Waals surface area contributed by atoms with Gasteiger partial charge in [0.25, 0.3) is 0 Å². The van der Waals surface area contributed by atoms with Crippen LogP contribution in [-0.4, -0.2) is 27.5 Å². The van der Waals surface area contributed by atoms with Crippen LogP contribution in [0.25, 0.3) is 0 Å². The van der Waals surface area contributed by atoms with Gasteiger partial charge in [-0.15, -0.1) is 10.2 Å². The van der Waals surface area contributed by atoms with Crippen molar-refractivity contribution in [1.29, 1.82) is 0 Å². The maximum absolute atomic E-state index is 5.52. The molecule has 2 unspecified atom stereocenters. The molecule has 0 saturated carbocycles. The molecule has 0 aliphatic carbocycles. The summed E-state index contributed by atoms with van der Waals surface area (Å²) in [6.07, 6.45) is 1.40. The third-order valence-corrected chi connectivity index (χ3v) is 3.18. The van der Waals surface area contributed by atoms with Gasteiger partial charge in [-0.05, 0) is 13.3 Å². The lowest BCUT2D eigenvalue weighted by molar-refractivity contribution is 0.123. The molecule has 0 spiro atoms. The van der Waals surface area contributed by atoms with Crippen molar-refractivity contribution in [3.63, 3.8) is 0 Å². The maximum Gasteiger partial charge on any atom is 0.143 e. The summed E-state index contributed by atoms with van der Waals surface area (Å²) in [5.41, 5.74) is 0. The molecule has 5 heteroatoms. The van der Waals surface area contributed by atoms with E-state index >= 15 is 0 Å². The molecule has 1 aromatic heterocycles. The summed E-state index contributed by atoms with van der Waals surface area (Å²) in [7, 11) is 2.01. The molecule has 1 fully saturated rings. The molecule has 4 nitrogen and oxygen atoms in total. The van der Waals surface area contributed by atoms with Crippen molar-refractivity contribution in [2.24, 2.45) is 7.05 Å². The minimum atomic E-state index is 0.351. The van der Waals surface area contributed by atoms with Gasteiger partial charge in [-0.3, -0.25) is 0 Å². The molecule has 0 radical (unpaired) electrons. The first kappa shape index (κ1) is 10.1. The molecule has 1 saturated heterocycles. The van der Waals surface area contributed by atoms with Crippen LogP contribution in [0.1, 0.15) is 30.9 Å². The van der Waals surface area contributed by atoms with E-state index in [2.05, 4.69) is 37.6 Å². The van der Waals surface area contributed by atoms with Crippen LogP contribution in [0.2, 0.25) is 0 Å². The highest BCUT2D eigenvalue weighted by atomic mass is 79.9. The topological polar surface area (TPSA) is 39.9 Å². The largest absolute Gasteiger partial charge is 0.378 e. The van der Waals surface area contributed by atoms with Crippen LogP contribution in [0.4, 0.5) is 0 Å². The highest BCUT2D eigenvalue weighted by molar-refractivity contribution is 9.08. The summed E-state index contributed by atoms with van der Waals surface area (Å²) in [6, 6.07) is 0. The number of halogens is 1. The maximum atomic E-state index is 5.52. The lowest BCUT2D eigenvalue weighted by atomic mass is 10.1. The van der Waals surface area contributed by atoms with Gasteiger partial charge in [0.1, 0.15) is 11.6 Å². The van der Waals surface area contributed by atoms with E-state index in [9.17, 15) is 0 Å². The van der Waals surface area contributed by atoms with E-state index < -0.39 is 0 Å². The molecular formula is C9H14BrN3O. The molecule has 0 amide bonds. The Bertz CT molecular complexity index is 326. The van der Waals surface area contributed by atoms with Gasteiger partial charge in [-0.2, -0.15) is 0 Å². The Morgan fingerprint density at radius 1 is 1.57 bits per heavy atom. The van der Waals surface area contributed by atoms with Crippen LogP contribution in [0.3, 0.4) is 0 Å². The molecule has 0 N–H and O–H groups in total. The van der Waals surface area contributed by atoms with Crippen LogP contribution in [0.15, 0.2) is 0 Å². The molecule has 2 heterocycles. The third kappa shape index (κ3) is 1.70. The highest BCUT2D eigenvalue weighted by Crippen LogP contribution is 2.27. The zero-order valence-electron chi connectivity index (χ0n) is 8.40. The Morgan fingerprint density at radius 3 is 2.86 bits per heavy atom. The molecule has 14 heavy (non-hydrogen) atoms. The molecule has 0 bridgehead atoms. The van der Waals surface area contributed by atoms with Crippen LogP contribution in [0, 0.1) is 0 Å². The fraction of sp³-hybridized carbons (Fsp3) is 0.778. The summed E-state index contributed by atoms with van der Waals surface area (Å²) >= 11 is 3.39. The summed E-state index contributed by atoms with van der Waals surface area (Å²) in [5, 5.41) is 9.07. The standard InChI is InChI=1S/C9H14BrN3O/c1-6-3-7(5-14-6)9-12-11-8(4-10)13(9)2/h6-7H,3-5H2,1-2H3. The van der Waals surface area contributed by atoms with Crippen LogP contribution in [-0.2, 0) is 17.1 Å². The Kier molecular flexibility index (Phi) is 2.88. The van der Waals surface area contributed by atoms with Crippen molar-refractivity contribution >= 4 is 15.9 Å². The highest BCUT2D eigenvalue weighted by Gasteiger charge is 2.27. The number of ether oxygens (including phenoxy) is 1. The molecule has 1 aliphatic rings. The number of alkyl halides is 1. The fourth-order valence-corrected chi connectivity index (χ4v) is 2.33. The van der Waals surface area contributed by atoms with Crippen LogP contribution >= 0.6 is 15.9 Å². The first-order chi connectivity index (χ1) is 6.72. The Morgan fingerprint density at radius 2 is 2.36 bits per heavy atom. The second-order valence-electron chi connectivity index (χ2n) is 3.74. The second kappa shape index (κ2) is 3.98. The average Bonchev–Trinajstić information content (AvgIpc) is 2.72. The zero-order chi connectivity index (χ0) is 10.1. The summed E-state index contributed by atoms with van der Waals surface area (Å²) in [4.78, 5) is 0. The van der Waals surface area contributed by atoms with Crippen molar-refractivity contribution in [3.8, 4) is 0 Å². The lowest BCUT2D eigenvalue weighted by Gasteiger charge is -2.06. The zero-order valence-corrected chi connectivity index (χ0v) is 9.99. The van der Waals surface area contributed by atoms with Crippen molar-refractivity contribution in [1.82, 2.24) is 14.8 Å². The number of hydrogen-bond acceptors (Lipinski definition) is 3. The molecule has 2 atom stereocenters. The Labute approximate surface area is 91.8 Å². The molecule has 1 aliphatic heterocycles. The molecule has 0 aromatic carbocycles. The molecule has 2 rings (SSSR count). The number of nitrogens with zero attached hydrogens (tertiary/aromatic N) is 3. The summed E-state index contributed by atoms with van der Waals surface area (Å²) in [5.74, 6) is 2.43. The van der Waals surface area contributed by atoms with E-state index in [1.54, 1.807) is 0 Å². The van der Waals surface area contributed by atoms with Crippen LogP contribution in [0.5, 0.6) is 0 Å². The fourth-order valence-electron chi connectivity index (χ4n) is 1.84. The smallest absolute Gasteiger partial charge is 0.143 e. The first-order valence-electron chi connectivity index (χ1n) is 4.78. The van der Waals surface area contributed by atoms with Crippen LogP contribution < -0.4 is 0 Å². The van der Waals surface area contributed by atoms with Gasteiger partial charge in [-0.1, -0.05) is 15.9 Å². The van der Waals surface area contributed by atoms with Gasteiger partial charge >= 0.3 is 0 Å². The van der Waals surface area contributed by atoms with Gasteiger partial charge in [-0.25, -0.2) is 0 Å². The molecule has 1 aromatic rings. The quantitative estimate of drug-likeness (QED) is 0.758. The summed E-state index contributed by atoms with van der Waals surface area (Å²) < 4.78 is 7.58. The van der Waals surface area contributed by atoms with Gasteiger partial charge < -0.3 is 9.30 Å². The van der Waals surface area contributed by atoms with Crippen molar-refractivity contribution < 1.29 is 4.74 Å². The average molecular weight is 260 g/mol. The first-order valence-corrected chi connectivity index (χ1v) is 5.90. The van der Waals surface area contributed by atoms with E-state index in [1.165, 1.54) is 0 Å². The van der Waals surface area contributed by atoms with E-state index in [0.29, 0.717) is 12.0 Å². The molecule has 78 valence electrons. The van der Waals surface area contributed by atoms with E-state index in [0.717, 1.165) is 30.0 Å². The van der Waals surface area contributed by atoms with E-state index in [4.69, 9.17) is 4.74 Å². The Balaban J connectivity index is 2.20. The van der Waals surface area contributed by atoms with Gasteiger partial charge in [0.15, 0.2) is 0 Å². The van der Waals surface area contributed by atoms with Gasteiger partial charge in [0, 0.05) is 13.0 Å². The predicted octanol–water partition coefficient (Wildman–Crippen LogP) is 1.60. The minimum Gasteiger partial charge on any atom is -0.378 e. The van der Waals surface area contributed by atoms with E-state index in [1.807, 2.05) is 7.05 Å². The SMILES string of the molecule is CC1CC(c2nnc(CBr)n2C)CO1. The second-order valence-corrected chi connectivity index (χ2v) is 4.30. The lowest BCUT2D eigenvalue weighted by Crippen LogP contribution is -2.07. The minimum absolute atomic E-state index is 0.351. The Hall–Kier alpha value is -0.420. The number of rotatable bonds is 2. The van der Waals surface area contributed by atoms with Gasteiger partial charge in [0.05, 0.1) is 18.0 Å². The summed E-state index contributed by atoms with van der Waals surface area (Å²) in [6.45, 7) is 2.87. The predicted molar refractivity (Wildman–Crippen MR) is 56.4 cm³/mol. The van der Waals surface area contributed by atoms with Crippen molar-refractivity contribution in [2.45, 2.75) is 30.7 Å².